The van der Waals surface area contributed by atoms with Crippen molar-refractivity contribution in [3.8, 4) is 11.5 Å². The maximum Gasteiger partial charge on any atom is 0.347 e. The van der Waals surface area contributed by atoms with E-state index in [-0.39, 0.29) is 29.6 Å². The molecule has 1 aliphatic rings. The monoisotopic (exact) mass is 496 g/mol. The molecule has 186 valence electrons. The van der Waals surface area contributed by atoms with Crippen LogP contribution in [0.15, 0.2) is 70.5 Å². The molecule has 1 aliphatic heterocycles. The number of carbonyl (C=O) groups excluding carboxylic acids is 1. The second kappa shape index (κ2) is 10.4. The van der Waals surface area contributed by atoms with Gasteiger partial charge in [-0.2, -0.15) is 0 Å². The van der Waals surface area contributed by atoms with Gasteiger partial charge in [0, 0.05) is 41.6 Å². The van der Waals surface area contributed by atoms with Crippen molar-refractivity contribution in [3.05, 3.63) is 89.1 Å². The zero-order valence-electron chi connectivity index (χ0n) is 20.3. The number of aromatic nitrogens is 2. The van der Waals surface area contributed by atoms with Gasteiger partial charge in [-0.1, -0.05) is 0 Å². The fourth-order valence-electron chi connectivity index (χ4n) is 3.83. The highest BCUT2D eigenvalue weighted by atomic mass is 16.5. The van der Waals surface area contributed by atoms with E-state index < -0.39 is 5.97 Å². The Hall–Kier alpha value is -4.92. The van der Waals surface area contributed by atoms with Crippen molar-refractivity contribution in [3.63, 3.8) is 0 Å². The van der Waals surface area contributed by atoms with Crippen LogP contribution < -0.4 is 10.1 Å². The lowest BCUT2D eigenvalue weighted by Crippen LogP contribution is -2.06. The molecule has 0 fully saturated rings. The number of allylic oxidation sites excluding steroid dienone is 1. The lowest BCUT2D eigenvalue weighted by molar-refractivity contribution is 0.0524. The van der Waals surface area contributed by atoms with Crippen molar-refractivity contribution in [1.82, 2.24) is 9.97 Å². The van der Waals surface area contributed by atoms with Gasteiger partial charge in [0.2, 0.25) is 5.88 Å². The van der Waals surface area contributed by atoms with Gasteiger partial charge >= 0.3 is 5.97 Å². The predicted molar refractivity (Wildman–Crippen MR) is 140 cm³/mol. The number of anilines is 2. The summed E-state index contributed by atoms with van der Waals surface area (Å²) in [6.07, 6.45) is 8.34. The number of carbonyl (C=O) groups is 1. The summed E-state index contributed by atoms with van der Waals surface area (Å²) in [5.74, 6) is 0.398. The van der Waals surface area contributed by atoms with Crippen molar-refractivity contribution in [2.45, 2.75) is 20.5 Å². The smallest absolute Gasteiger partial charge is 0.347 e. The molecule has 0 saturated heterocycles. The lowest BCUT2D eigenvalue weighted by atomic mass is 10.1. The number of aromatic hydroxyl groups is 1. The summed E-state index contributed by atoms with van der Waals surface area (Å²) in [7, 11) is 0. The van der Waals surface area contributed by atoms with Crippen molar-refractivity contribution >= 4 is 41.2 Å². The number of ether oxygens (including phenoxy) is 2. The van der Waals surface area contributed by atoms with Gasteiger partial charge < -0.3 is 24.3 Å². The first-order chi connectivity index (χ1) is 18.0. The maximum atomic E-state index is 12.7. The third kappa shape index (κ3) is 5.06. The summed E-state index contributed by atoms with van der Waals surface area (Å²) in [5, 5.41) is 14.0. The number of fused-ring (bicyclic) bond motifs is 1. The number of nitrogens with one attached hydrogen (secondary N) is 1. The van der Waals surface area contributed by atoms with Crippen LogP contribution in [-0.2, 0) is 11.3 Å². The third-order valence-electron chi connectivity index (χ3n) is 5.70. The highest BCUT2D eigenvalue weighted by molar-refractivity contribution is 6.21. The SMILES string of the molecule is CCOC(=O)c1c(Nc2ccc(OCc3ccncc3)cc2C)oc(C=C2C=Nc3ncccc32)c1O. The highest BCUT2D eigenvalue weighted by Gasteiger charge is 2.27. The number of benzene rings is 1. The van der Waals surface area contributed by atoms with Gasteiger partial charge in [0.05, 0.1) is 6.61 Å². The third-order valence-corrected chi connectivity index (χ3v) is 5.70. The van der Waals surface area contributed by atoms with Gasteiger partial charge in [-0.25, -0.2) is 14.8 Å². The number of furan rings is 1. The van der Waals surface area contributed by atoms with E-state index in [1.54, 1.807) is 43.9 Å². The summed E-state index contributed by atoms with van der Waals surface area (Å²) >= 11 is 0. The van der Waals surface area contributed by atoms with Crippen LogP contribution in [0.1, 0.15) is 39.7 Å². The standard InChI is InChI=1S/C28H24N4O5/c1-3-35-28(34)24-25(33)23(14-19-15-31-26-21(19)5-4-10-30-26)37-27(24)32-22-7-6-20(13-17(22)2)36-16-18-8-11-29-12-9-18/h4-15,32-33H,3,16H2,1-2H3. The Bertz CT molecular complexity index is 1510. The fraction of sp³-hybridized carbons (Fsp3) is 0.143. The van der Waals surface area contributed by atoms with E-state index in [9.17, 15) is 9.90 Å². The number of esters is 1. The van der Waals surface area contributed by atoms with Gasteiger partial charge in [-0.05, 0) is 73.5 Å². The summed E-state index contributed by atoms with van der Waals surface area (Å²) in [6.45, 7) is 4.15. The van der Waals surface area contributed by atoms with E-state index in [2.05, 4.69) is 20.3 Å². The number of nitrogens with zero attached hydrogens (tertiary/aromatic N) is 3. The number of rotatable bonds is 8. The largest absolute Gasteiger partial charge is 0.504 e. The predicted octanol–water partition coefficient (Wildman–Crippen LogP) is 5.84. The number of hydrogen-bond acceptors (Lipinski definition) is 9. The molecular formula is C28H24N4O5. The van der Waals surface area contributed by atoms with Crippen molar-refractivity contribution in [1.29, 1.82) is 0 Å². The van der Waals surface area contributed by atoms with Gasteiger partial charge in [0.1, 0.15) is 12.4 Å². The summed E-state index contributed by atoms with van der Waals surface area (Å²) < 4.78 is 17.0. The molecule has 3 aromatic heterocycles. The molecule has 0 radical (unpaired) electrons. The first-order valence-corrected chi connectivity index (χ1v) is 11.7. The zero-order chi connectivity index (χ0) is 25.8. The van der Waals surface area contributed by atoms with Gasteiger partial charge in [0.25, 0.3) is 0 Å². The van der Waals surface area contributed by atoms with Crippen molar-refractivity contribution in [2.24, 2.45) is 4.99 Å². The summed E-state index contributed by atoms with van der Waals surface area (Å²) in [6, 6.07) is 12.9. The van der Waals surface area contributed by atoms with E-state index in [1.807, 2.05) is 43.3 Å². The average molecular weight is 497 g/mol. The number of aliphatic imine (C=N–C) groups is 1. The fourth-order valence-corrected chi connectivity index (χ4v) is 3.83. The lowest BCUT2D eigenvalue weighted by Gasteiger charge is -2.12. The molecule has 0 aliphatic carbocycles. The average Bonchev–Trinajstić information content (AvgIpc) is 3.45. The first kappa shape index (κ1) is 23.8. The highest BCUT2D eigenvalue weighted by Crippen LogP contribution is 2.40. The number of aryl methyl sites for hydroxylation is 1. The quantitative estimate of drug-likeness (QED) is 0.292. The molecule has 0 unspecified atom stereocenters. The molecule has 9 heteroatoms. The molecule has 2 N–H and O–H groups in total. The van der Waals surface area contributed by atoms with Crippen LogP contribution in [0, 0.1) is 6.92 Å². The van der Waals surface area contributed by atoms with Crippen molar-refractivity contribution in [2.75, 3.05) is 11.9 Å². The molecule has 0 spiro atoms. The molecule has 9 nitrogen and oxygen atoms in total. The van der Waals surface area contributed by atoms with Crippen LogP contribution >= 0.6 is 0 Å². The molecule has 0 atom stereocenters. The number of pyridine rings is 2. The molecular weight excluding hydrogens is 472 g/mol. The van der Waals surface area contributed by atoms with Gasteiger partial charge in [-0.15, -0.1) is 0 Å². The van der Waals surface area contributed by atoms with Crippen molar-refractivity contribution < 1.29 is 23.8 Å². The van der Waals surface area contributed by atoms with E-state index in [0.717, 1.165) is 16.7 Å². The Morgan fingerprint density at radius 1 is 1.16 bits per heavy atom. The Morgan fingerprint density at radius 2 is 2.00 bits per heavy atom. The van der Waals surface area contributed by atoms with Gasteiger partial charge in [-0.3, -0.25) is 4.98 Å². The molecule has 5 rings (SSSR count). The van der Waals surface area contributed by atoms with E-state index in [1.165, 1.54) is 0 Å². The first-order valence-electron chi connectivity index (χ1n) is 11.7. The van der Waals surface area contributed by atoms with Crippen LogP contribution in [0.5, 0.6) is 11.5 Å². The Balaban J connectivity index is 1.43. The second-order valence-electron chi connectivity index (χ2n) is 8.22. The normalized spacial score (nSPS) is 13.0. The zero-order valence-corrected chi connectivity index (χ0v) is 20.3. The number of hydrogen-bond donors (Lipinski definition) is 2. The Labute approximate surface area is 213 Å². The Kier molecular flexibility index (Phi) is 6.67. The molecule has 4 aromatic rings. The maximum absolute atomic E-state index is 12.7. The Morgan fingerprint density at radius 3 is 2.78 bits per heavy atom. The van der Waals surface area contributed by atoms with Crippen LogP contribution in [0.4, 0.5) is 17.4 Å². The minimum atomic E-state index is -0.701. The van der Waals surface area contributed by atoms with E-state index in [4.69, 9.17) is 13.9 Å². The summed E-state index contributed by atoms with van der Waals surface area (Å²) in [5.41, 5.74) is 3.93. The van der Waals surface area contributed by atoms with E-state index in [0.29, 0.717) is 29.4 Å². The van der Waals surface area contributed by atoms with Crippen LogP contribution in [0.25, 0.3) is 11.6 Å². The minimum absolute atomic E-state index is 0.0673. The van der Waals surface area contributed by atoms with E-state index >= 15 is 0 Å². The molecule has 37 heavy (non-hydrogen) atoms. The molecule has 0 bridgehead atoms. The van der Waals surface area contributed by atoms with Crippen LogP contribution in [0.2, 0.25) is 0 Å². The molecule has 1 aromatic carbocycles. The summed E-state index contributed by atoms with van der Waals surface area (Å²) in [4.78, 5) is 25.2. The van der Waals surface area contributed by atoms with Gasteiger partial charge in [0.15, 0.2) is 22.9 Å². The van der Waals surface area contributed by atoms with Crippen LogP contribution in [-0.4, -0.2) is 33.9 Å². The molecule has 0 saturated carbocycles. The van der Waals surface area contributed by atoms with Crippen LogP contribution in [0.3, 0.4) is 0 Å². The molecule has 4 heterocycles. The second-order valence-corrected chi connectivity index (χ2v) is 8.22. The molecule has 0 amide bonds. The minimum Gasteiger partial charge on any atom is -0.504 e. The topological polar surface area (TPSA) is 119 Å².